The predicted octanol–water partition coefficient (Wildman–Crippen LogP) is 4.45. The molecule has 4 heteroatoms. The molecule has 0 bridgehead atoms. The SMILES string of the molecule is Cn1c(=NC(=O)CCc2ccccc2)sc2ccc3ccccc3c21. The fourth-order valence-electron chi connectivity index (χ4n) is 3.08. The number of nitrogens with zero attached hydrogens (tertiary/aromatic N) is 2. The number of aryl methyl sites for hydroxylation is 2. The van der Waals surface area contributed by atoms with Crippen LogP contribution in [0, 0.1) is 0 Å². The van der Waals surface area contributed by atoms with E-state index in [4.69, 9.17) is 0 Å². The van der Waals surface area contributed by atoms with Crippen LogP contribution in [0.3, 0.4) is 0 Å². The third kappa shape index (κ3) is 3.13. The van der Waals surface area contributed by atoms with Crippen molar-refractivity contribution in [3.63, 3.8) is 0 Å². The molecular formula is C21H18N2OS. The molecular weight excluding hydrogens is 328 g/mol. The van der Waals surface area contributed by atoms with Crippen LogP contribution in [0.4, 0.5) is 0 Å². The van der Waals surface area contributed by atoms with Crippen molar-refractivity contribution in [2.75, 3.05) is 0 Å². The number of carbonyl (C=O) groups excluding carboxylic acids is 1. The van der Waals surface area contributed by atoms with Crippen LogP contribution in [-0.2, 0) is 18.3 Å². The zero-order valence-corrected chi connectivity index (χ0v) is 14.8. The Labute approximate surface area is 149 Å². The molecule has 4 rings (SSSR count). The molecule has 3 aromatic carbocycles. The van der Waals surface area contributed by atoms with E-state index in [0.717, 1.165) is 27.0 Å². The van der Waals surface area contributed by atoms with E-state index in [1.165, 1.54) is 10.8 Å². The van der Waals surface area contributed by atoms with Gasteiger partial charge >= 0.3 is 0 Å². The third-order valence-corrected chi connectivity index (χ3v) is 5.47. The highest BCUT2D eigenvalue weighted by Gasteiger charge is 2.08. The number of amides is 1. The van der Waals surface area contributed by atoms with Gasteiger partial charge in [-0.05, 0) is 23.4 Å². The van der Waals surface area contributed by atoms with Gasteiger partial charge in [-0.25, -0.2) is 0 Å². The Kier molecular flexibility index (Phi) is 4.20. The number of rotatable bonds is 3. The summed E-state index contributed by atoms with van der Waals surface area (Å²) in [5.41, 5.74) is 2.30. The summed E-state index contributed by atoms with van der Waals surface area (Å²) in [5.74, 6) is -0.0738. The molecule has 0 saturated carbocycles. The maximum Gasteiger partial charge on any atom is 0.248 e. The largest absolute Gasteiger partial charge is 0.319 e. The van der Waals surface area contributed by atoms with Gasteiger partial charge in [-0.3, -0.25) is 4.79 Å². The van der Waals surface area contributed by atoms with Gasteiger partial charge in [0.15, 0.2) is 4.80 Å². The summed E-state index contributed by atoms with van der Waals surface area (Å²) in [5, 5.41) is 2.39. The van der Waals surface area contributed by atoms with E-state index in [2.05, 4.69) is 29.3 Å². The van der Waals surface area contributed by atoms with Crippen molar-refractivity contribution < 1.29 is 4.79 Å². The van der Waals surface area contributed by atoms with Gasteiger partial charge in [0.05, 0.1) is 10.2 Å². The van der Waals surface area contributed by atoms with E-state index in [1.54, 1.807) is 11.3 Å². The first-order valence-corrected chi connectivity index (χ1v) is 9.13. The number of carbonyl (C=O) groups is 1. The van der Waals surface area contributed by atoms with Crippen molar-refractivity contribution in [1.82, 2.24) is 4.57 Å². The minimum Gasteiger partial charge on any atom is -0.319 e. The maximum atomic E-state index is 12.3. The van der Waals surface area contributed by atoms with Gasteiger partial charge in [0.25, 0.3) is 0 Å². The molecule has 4 aromatic rings. The first-order chi connectivity index (χ1) is 12.2. The Balaban J connectivity index is 1.69. The molecule has 0 saturated heterocycles. The Hall–Kier alpha value is -2.72. The molecule has 0 fully saturated rings. The van der Waals surface area contributed by atoms with Gasteiger partial charge in [0.1, 0.15) is 0 Å². The second-order valence-electron chi connectivity index (χ2n) is 6.07. The molecule has 0 aliphatic heterocycles. The molecule has 124 valence electrons. The van der Waals surface area contributed by atoms with E-state index in [1.807, 2.05) is 54.1 Å². The van der Waals surface area contributed by atoms with Gasteiger partial charge in [0, 0.05) is 18.9 Å². The summed E-state index contributed by atoms with van der Waals surface area (Å²) < 4.78 is 3.18. The number of fused-ring (bicyclic) bond motifs is 3. The third-order valence-electron chi connectivity index (χ3n) is 4.38. The van der Waals surface area contributed by atoms with Gasteiger partial charge in [-0.1, -0.05) is 72.0 Å². The van der Waals surface area contributed by atoms with Gasteiger partial charge in [-0.15, -0.1) is 0 Å². The number of aromatic nitrogens is 1. The molecule has 0 aliphatic rings. The van der Waals surface area contributed by atoms with Crippen LogP contribution in [0.25, 0.3) is 21.0 Å². The Morgan fingerprint density at radius 3 is 2.60 bits per heavy atom. The molecule has 0 radical (unpaired) electrons. The van der Waals surface area contributed by atoms with E-state index in [-0.39, 0.29) is 5.91 Å². The van der Waals surface area contributed by atoms with Crippen LogP contribution in [0.15, 0.2) is 71.7 Å². The van der Waals surface area contributed by atoms with E-state index in [9.17, 15) is 4.79 Å². The molecule has 0 atom stereocenters. The fourth-order valence-corrected chi connectivity index (χ4v) is 4.13. The van der Waals surface area contributed by atoms with Crippen molar-refractivity contribution in [3.05, 3.63) is 77.1 Å². The first-order valence-electron chi connectivity index (χ1n) is 8.31. The molecule has 0 aliphatic carbocycles. The summed E-state index contributed by atoms with van der Waals surface area (Å²) >= 11 is 1.56. The highest BCUT2D eigenvalue weighted by molar-refractivity contribution is 7.16. The van der Waals surface area contributed by atoms with Crippen LogP contribution in [0.5, 0.6) is 0 Å². The van der Waals surface area contributed by atoms with Crippen molar-refractivity contribution in [1.29, 1.82) is 0 Å². The lowest BCUT2D eigenvalue weighted by atomic mass is 10.1. The Morgan fingerprint density at radius 1 is 1.00 bits per heavy atom. The quantitative estimate of drug-likeness (QED) is 0.539. The summed E-state index contributed by atoms with van der Waals surface area (Å²) in [6.07, 6.45) is 1.15. The summed E-state index contributed by atoms with van der Waals surface area (Å²) in [6.45, 7) is 0. The van der Waals surface area contributed by atoms with Crippen molar-refractivity contribution >= 4 is 38.2 Å². The van der Waals surface area contributed by atoms with E-state index < -0.39 is 0 Å². The molecule has 1 amide bonds. The molecule has 3 nitrogen and oxygen atoms in total. The van der Waals surface area contributed by atoms with Gasteiger partial charge in [0.2, 0.25) is 5.91 Å². The average Bonchev–Trinajstić information content (AvgIpc) is 2.97. The van der Waals surface area contributed by atoms with E-state index >= 15 is 0 Å². The van der Waals surface area contributed by atoms with Crippen LogP contribution in [0.2, 0.25) is 0 Å². The van der Waals surface area contributed by atoms with Crippen LogP contribution in [0.1, 0.15) is 12.0 Å². The fraction of sp³-hybridized carbons (Fsp3) is 0.143. The topological polar surface area (TPSA) is 34.4 Å². The Morgan fingerprint density at radius 2 is 1.76 bits per heavy atom. The molecule has 0 spiro atoms. The maximum absolute atomic E-state index is 12.3. The highest BCUT2D eigenvalue weighted by Crippen LogP contribution is 2.26. The summed E-state index contributed by atoms with van der Waals surface area (Å²) in [4.78, 5) is 17.4. The van der Waals surface area contributed by atoms with Gasteiger partial charge < -0.3 is 4.57 Å². The Bertz CT molecular complexity index is 1120. The summed E-state index contributed by atoms with van der Waals surface area (Å²) in [7, 11) is 1.98. The molecule has 0 N–H and O–H groups in total. The normalized spacial score (nSPS) is 12.1. The molecule has 1 heterocycles. The predicted molar refractivity (Wildman–Crippen MR) is 104 cm³/mol. The lowest BCUT2D eigenvalue weighted by molar-refractivity contribution is -0.118. The standard InChI is InChI=1S/C21H18N2OS/c1-23-20-17-10-6-5-9-16(17)12-13-18(20)25-21(23)22-19(24)14-11-15-7-3-2-4-8-15/h2-10,12-13H,11,14H2,1H3. The summed E-state index contributed by atoms with van der Waals surface area (Å²) in [6, 6.07) is 22.6. The lowest BCUT2D eigenvalue weighted by Crippen LogP contribution is -2.13. The van der Waals surface area contributed by atoms with E-state index in [0.29, 0.717) is 6.42 Å². The van der Waals surface area contributed by atoms with Crippen LogP contribution in [-0.4, -0.2) is 10.5 Å². The van der Waals surface area contributed by atoms with Gasteiger partial charge in [-0.2, -0.15) is 4.99 Å². The van der Waals surface area contributed by atoms with Crippen molar-refractivity contribution in [2.45, 2.75) is 12.8 Å². The van der Waals surface area contributed by atoms with Crippen LogP contribution < -0.4 is 4.80 Å². The monoisotopic (exact) mass is 346 g/mol. The smallest absolute Gasteiger partial charge is 0.248 e. The molecule has 1 aromatic heterocycles. The average molecular weight is 346 g/mol. The number of hydrogen-bond acceptors (Lipinski definition) is 2. The molecule has 0 unspecified atom stereocenters. The minimum atomic E-state index is -0.0738. The van der Waals surface area contributed by atoms with Crippen molar-refractivity contribution in [2.24, 2.45) is 12.0 Å². The molecule has 25 heavy (non-hydrogen) atoms. The van der Waals surface area contributed by atoms with Crippen molar-refractivity contribution in [3.8, 4) is 0 Å². The number of thiazole rings is 1. The van der Waals surface area contributed by atoms with Crippen LogP contribution >= 0.6 is 11.3 Å². The first kappa shape index (κ1) is 15.8. The lowest BCUT2D eigenvalue weighted by Gasteiger charge is -2.01. The zero-order valence-electron chi connectivity index (χ0n) is 14.0. The number of benzene rings is 3. The second-order valence-corrected chi connectivity index (χ2v) is 7.08. The highest BCUT2D eigenvalue weighted by atomic mass is 32.1. The number of hydrogen-bond donors (Lipinski definition) is 0. The second kappa shape index (κ2) is 6.65. The minimum absolute atomic E-state index is 0.0738. The zero-order chi connectivity index (χ0) is 17.2.